The molecular weight excluding hydrogens is 292 g/mol. The maximum absolute atomic E-state index is 12.9. The number of nitrogens with two attached hydrogens (primary N) is 1. The molecule has 0 aliphatic rings. The number of nitrogens with zero attached hydrogens (tertiary/aromatic N) is 1. The fourth-order valence-corrected chi connectivity index (χ4v) is 1.47. The highest BCUT2D eigenvalue weighted by Crippen LogP contribution is 2.12. The van der Waals surface area contributed by atoms with E-state index in [9.17, 15) is 18.4 Å². The molecule has 1 aromatic carbocycles. The third-order valence-electron chi connectivity index (χ3n) is 2.29. The van der Waals surface area contributed by atoms with E-state index in [1.807, 2.05) is 0 Å². The number of carbonyl (C=O) groups is 2. The topological polar surface area (TPSA) is 75.4 Å². The van der Waals surface area contributed by atoms with Crippen LogP contribution in [0.15, 0.2) is 18.2 Å². The monoisotopic (exact) mass is 307 g/mol. The van der Waals surface area contributed by atoms with Crippen LogP contribution in [0.1, 0.15) is 6.92 Å². The van der Waals surface area contributed by atoms with Gasteiger partial charge >= 0.3 is 0 Å². The van der Waals surface area contributed by atoms with Gasteiger partial charge in [-0.1, -0.05) is 0 Å². The van der Waals surface area contributed by atoms with Crippen molar-refractivity contribution in [2.75, 3.05) is 18.9 Å². The molecule has 0 saturated carbocycles. The molecule has 20 heavy (non-hydrogen) atoms. The van der Waals surface area contributed by atoms with Crippen LogP contribution >= 0.6 is 12.4 Å². The minimum Gasteiger partial charge on any atom is -0.335 e. The van der Waals surface area contributed by atoms with Crippen molar-refractivity contribution in [1.82, 2.24) is 4.90 Å². The standard InChI is InChI=1S/C12H15F2N3O2.ClH/c1-7(15)12(19)17(2)6-11(18)16-10-4-8(13)3-9(14)5-10;/h3-5,7H,6,15H2,1-2H3,(H,16,18);1H/t7-;/m0./s1. The molecule has 0 unspecified atom stereocenters. The fraction of sp³-hybridized carbons (Fsp3) is 0.333. The van der Waals surface area contributed by atoms with Crippen LogP contribution < -0.4 is 11.1 Å². The van der Waals surface area contributed by atoms with Gasteiger partial charge < -0.3 is 16.0 Å². The van der Waals surface area contributed by atoms with E-state index in [4.69, 9.17) is 5.73 Å². The third-order valence-corrected chi connectivity index (χ3v) is 2.29. The molecule has 0 saturated heterocycles. The second-order valence-corrected chi connectivity index (χ2v) is 4.19. The number of benzene rings is 1. The maximum Gasteiger partial charge on any atom is 0.243 e. The molecule has 1 aromatic rings. The predicted octanol–water partition coefficient (Wildman–Crippen LogP) is 1.13. The summed E-state index contributed by atoms with van der Waals surface area (Å²) in [7, 11) is 1.41. The summed E-state index contributed by atoms with van der Waals surface area (Å²) in [4.78, 5) is 24.2. The van der Waals surface area contributed by atoms with Crippen LogP contribution in [0.25, 0.3) is 0 Å². The molecule has 3 N–H and O–H groups in total. The lowest BCUT2D eigenvalue weighted by molar-refractivity contribution is -0.134. The fourth-order valence-electron chi connectivity index (χ4n) is 1.47. The molecule has 0 spiro atoms. The highest BCUT2D eigenvalue weighted by Gasteiger charge is 2.16. The molecule has 5 nitrogen and oxygen atoms in total. The van der Waals surface area contributed by atoms with Crippen LogP contribution in [-0.4, -0.2) is 36.3 Å². The summed E-state index contributed by atoms with van der Waals surface area (Å²) >= 11 is 0. The Bertz CT molecular complexity index is 477. The van der Waals surface area contributed by atoms with Crippen LogP contribution in [-0.2, 0) is 9.59 Å². The molecule has 0 aliphatic carbocycles. The van der Waals surface area contributed by atoms with Gasteiger partial charge in [0.1, 0.15) is 11.6 Å². The van der Waals surface area contributed by atoms with Gasteiger partial charge in [0, 0.05) is 18.8 Å². The zero-order valence-electron chi connectivity index (χ0n) is 11.0. The summed E-state index contributed by atoms with van der Waals surface area (Å²) in [5.41, 5.74) is 5.37. The Kier molecular flexibility index (Phi) is 7.09. The number of rotatable bonds is 4. The summed E-state index contributed by atoms with van der Waals surface area (Å²) in [5, 5.41) is 2.29. The van der Waals surface area contributed by atoms with Crippen molar-refractivity contribution in [3.05, 3.63) is 29.8 Å². The lowest BCUT2D eigenvalue weighted by Gasteiger charge is -2.18. The summed E-state index contributed by atoms with van der Waals surface area (Å²) in [6.07, 6.45) is 0. The predicted molar refractivity (Wildman–Crippen MR) is 73.5 cm³/mol. The van der Waals surface area contributed by atoms with Gasteiger partial charge in [-0.3, -0.25) is 9.59 Å². The van der Waals surface area contributed by atoms with Crippen LogP contribution in [0.2, 0.25) is 0 Å². The van der Waals surface area contributed by atoms with E-state index >= 15 is 0 Å². The molecule has 0 radical (unpaired) electrons. The van der Waals surface area contributed by atoms with Crippen LogP contribution in [0.4, 0.5) is 14.5 Å². The van der Waals surface area contributed by atoms with Crippen molar-refractivity contribution in [2.24, 2.45) is 5.73 Å². The molecule has 8 heteroatoms. The van der Waals surface area contributed by atoms with Gasteiger partial charge in [0.05, 0.1) is 12.6 Å². The van der Waals surface area contributed by atoms with Gasteiger partial charge in [0.2, 0.25) is 11.8 Å². The molecule has 2 amide bonds. The van der Waals surface area contributed by atoms with Crippen molar-refractivity contribution in [1.29, 1.82) is 0 Å². The Morgan fingerprint density at radius 3 is 2.25 bits per heavy atom. The van der Waals surface area contributed by atoms with E-state index in [1.54, 1.807) is 0 Å². The van der Waals surface area contributed by atoms with Crippen molar-refractivity contribution in [3.8, 4) is 0 Å². The largest absolute Gasteiger partial charge is 0.335 e. The number of hydrogen-bond donors (Lipinski definition) is 2. The Balaban J connectivity index is 0.00000361. The summed E-state index contributed by atoms with van der Waals surface area (Å²) in [6.45, 7) is 1.25. The average Bonchev–Trinajstić information content (AvgIpc) is 2.25. The van der Waals surface area contributed by atoms with Gasteiger partial charge in [0.15, 0.2) is 0 Å². The number of amides is 2. The summed E-state index contributed by atoms with van der Waals surface area (Å²) < 4.78 is 25.8. The van der Waals surface area contributed by atoms with Crippen LogP contribution in [0.5, 0.6) is 0 Å². The minimum atomic E-state index is -0.796. The normalized spacial score (nSPS) is 11.2. The Labute approximate surface area is 121 Å². The Hall–Kier alpha value is -1.73. The molecule has 1 atom stereocenters. The Morgan fingerprint density at radius 1 is 1.30 bits per heavy atom. The van der Waals surface area contributed by atoms with E-state index in [1.165, 1.54) is 14.0 Å². The smallest absolute Gasteiger partial charge is 0.243 e. The van der Waals surface area contributed by atoms with Gasteiger partial charge in [-0.2, -0.15) is 0 Å². The SMILES string of the molecule is C[C@H](N)C(=O)N(C)CC(=O)Nc1cc(F)cc(F)c1.Cl. The highest BCUT2D eigenvalue weighted by atomic mass is 35.5. The lowest BCUT2D eigenvalue weighted by atomic mass is 10.3. The first kappa shape index (κ1) is 18.3. The number of nitrogens with one attached hydrogen (secondary N) is 1. The molecule has 0 fully saturated rings. The van der Waals surface area contributed by atoms with Crippen LogP contribution in [0, 0.1) is 11.6 Å². The first-order chi connectivity index (χ1) is 8.79. The molecule has 0 aliphatic heterocycles. The van der Waals surface area contributed by atoms with Crippen molar-refractivity contribution < 1.29 is 18.4 Å². The van der Waals surface area contributed by atoms with Crippen molar-refractivity contribution in [2.45, 2.75) is 13.0 Å². The first-order valence-electron chi connectivity index (χ1n) is 5.56. The van der Waals surface area contributed by atoms with Crippen LogP contribution in [0.3, 0.4) is 0 Å². The second kappa shape index (κ2) is 7.76. The van der Waals surface area contributed by atoms with Gasteiger partial charge in [-0.25, -0.2) is 8.78 Å². The minimum absolute atomic E-state index is 0. The number of likely N-dealkylation sites (N-methyl/N-ethyl adjacent to an activating group) is 1. The van der Waals surface area contributed by atoms with E-state index in [2.05, 4.69) is 5.32 Å². The second-order valence-electron chi connectivity index (χ2n) is 4.19. The van der Waals surface area contributed by atoms with Crippen molar-refractivity contribution >= 4 is 29.9 Å². The summed E-state index contributed by atoms with van der Waals surface area (Å²) in [6, 6.07) is 1.94. The van der Waals surface area contributed by atoms with Gasteiger partial charge in [0.25, 0.3) is 0 Å². The van der Waals surface area contributed by atoms with E-state index in [0.29, 0.717) is 6.07 Å². The maximum atomic E-state index is 12.9. The zero-order chi connectivity index (χ0) is 14.6. The average molecular weight is 308 g/mol. The number of hydrogen-bond acceptors (Lipinski definition) is 3. The van der Waals surface area contributed by atoms with Crippen molar-refractivity contribution in [3.63, 3.8) is 0 Å². The number of anilines is 1. The van der Waals surface area contributed by atoms with E-state index < -0.39 is 29.5 Å². The highest BCUT2D eigenvalue weighted by molar-refractivity contribution is 5.95. The van der Waals surface area contributed by atoms with E-state index in [0.717, 1.165) is 17.0 Å². The zero-order valence-corrected chi connectivity index (χ0v) is 11.8. The number of carbonyl (C=O) groups excluding carboxylic acids is 2. The third kappa shape index (κ3) is 5.50. The Morgan fingerprint density at radius 2 is 1.80 bits per heavy atom. The van der Waals surface area contributed by atoms with E-state index in [-0.39, 0.29) is 24.6 Å². The van der Waals surface area contributed by atoms with Gasteiger partial charge in [-0.05, 0) is 19.1 Å². The quantitative estimate of drug-likeness (QED) is 0.875. The molecular formula is C12H16ClF2N3O2. The molecule has 1 rings (SSSR count). The summed E-state index contributed by atoms with van der Waals surface area (Å²) in [5.74, 6) is -2.56. The first-order valence-corrected chi connectivity index (χ1v) is 5.56. The number of halogens is 3. The molecule has 112 valence electrons. The molecule has 0 bridgehead atoms. The van der Waals surface area contributed by atoms with Gasteiger partial charge in [-0.15, -0.1) is 12.4 Å². The molecule has 0 heterocycles. The lowest BCUT2D eigenvalue weighted by Crippen LogP contribution is -2.43. The molecule has 0 aromatic heterocycles.